The number of hydrogen-bond acceptors (Lipinski definition) is 7. The molecule has 4 aromatic rings. The fraction of sp³-hybridized carbons (Fsp3) is 0.364. The van der Waals surface area contributed by atoms with E-state index >= 15 is 0 Å². The Bertz CT molecular complexity index is 1500. The fourth-order valence-electron chi connectivity index (χ4n) is 5.96. The molecule has 3 aromatic carbocycles. The molecule has 2 saturated heterocycles. The van der Waals surface area contributed by atoms with E-state index in [1.54, 1.807) is 0 Å². The van der Waals surface area contributed by atoms with Gasteiger partial charge >= 0.3 is 0 Å². The summed E-state index contributed by atoms with van der Waals surface area (Å²) in [4.78, 5) is 35.1. The summed E-state index contributed by atoms with van der Waals surface area (Å²) >= 11 is 0. The molecule has 5 N–H and O–H groups in total. The minimum absolute atomic E-state index is 0.00336. The molecule has 6 rings (SSSR count). The highest BCUT2D eigenvalue weighted by molar-refractivity contribution is 6.11. The molecule has 2 fully saturated rings. The molecule has 9 nitrogen and oxygen atoms in total. The molecule has 0 atom stereocenters. The average molecular weight is 566 g/mol. The van der Waals surface area contributed by atoms with E-state index in [0.29, 0.717) is 29.9 Å². The first-order valence-electron chi connectivity index (χ1n) is 15.1. The van der Waals surface area contributed by atoms with Gasteiger partial charge in [0, 0.05) is 48.1 Å². The summed E-state index contributed by atoms with van der Waals surface area (Å²) in [6.45, 7) is 5.85. The van der Waals surface area contributed by atoms with Gasteiger partial charge in [-0.3, -0.25) is 9.59 Å². The zero-order valence-electron chi connectivity index (χ0n) is 24.0. The van der Waals surface area contributed by atoms with Crippen LogP contribution in [0.1, 0.15) is 38.5 Å². The Kier molecular flexibility index (Phi) is 8.48. The maximum Gasteiger partial charge on any atom is 0.225 e. The molecule has 218 valence electrons. The van der Waals surface area contributed by atoms with Crippen LogP contribution >= 0.6 is 0 Å². The summed E-state index contributed by atoms with van der Waals surface area (Å²) in [5, 5.41) is 11.4. The molecule has 0 radical (unpaired) electrons. The molecular formula is C33H39N7O2. The Balaban J connectivity index is 1.27. The Morgan fingerprint density at radius 3 is 1.71 bits per heavy atom. The molecule has 2 aliphatic heterocycles. The number of nitrogens with one attached hydrogen (secondary N) is 3. The Morgan fingerprint density at radius 1 is 0.714 bits per heavy atom. The van der Waals surface area contributed by atoms with E-state index in [-0.39, 0.29) is 11.8 Å². The van der Waals surface area contributed by atoms with Crippen molar-refractivity contribution in [3.63, 3.8) is 0 Å². The van der Waals surface area contributed by atoms with Gasteiger partial charge < -0.3 is 31.5 Å². The number of rotatable bonds is 10. The van der Waals surface area contributed by atoms with E-state index in [0.717, 1.165) is 72.4 Å². The van der Waals surface area contributed by atoms with Gasteiger partial charge in [0.25, 0.3) is 0 Å². The molecule has 1 aromatic heterocycles. The van der Waals surface area contributed by atoms with Crippen LogP contribution in [0.15, 0.2) is 60.7 Å². The van der Waals surface area contributed by atoms with Crippen LogP contribution in [0.3, 0.4) is 0 Å². The largest absolute Gasteiger partial charge is 0.397 e. The molecule has 0 saturated carbocycles. The first-order chi connectivity index (χ1) is 20.5. The predicted molar refractivity (Wildman–Crippen MR) is 171 cm³/mol. The van der Waals surface area contributed by atoms with Gasteiger partial charge in [-0.2, -0.15) is 0 Å². The van der Waals surface area contributed by atoms with Crippen molar-refractivity contribution in [3.05, 3.63) is 60.7 Å². The van der Waals surface area contributed by atoms with Crippen LogP contribution in [0.4, 0.5) is 28.4 Å². The van der Waals surface area contributed by atoms with Crippen molar-refractivity contribution < 1.29 is 9.59 Å². The number of carbonyl (C=O) groups excluding carboxylic acids is 2. The second-order valence-corrected chi connectivity index (χ2v) is 11.4. The highest BCUT2D eigenvalue weighted by Crippen LogP contribution is 2.36. The third-order valence-electron chi connectivity index (χ3n) is 8.27. The normalized spacial score (nSPS) is 15.8. The lowest BCUT2D eigenvalue weighted by atomic mass is 10.1. The average Bonchev–Trinajstić information content (AvgIpc) is 3.71. The molecule has 9 heteroatoms. The van der Waals surface area contributed by atoms with Crippen LogP contribution < -0.4 is 21.7 Å². The van der Waals surface area contributed by atoms with Crippen LogP contribution in [-0.2, 0) is 9.59 Å². The van der Waals surface area contributed by atoms with Gasteiger partial charge in [0.15, 0.2) is 0 Å². The van der Waals surface area contributed by atoms with Gasteiger partial charge in [0.1, 0.15) is 0 Å². The summed E-state index contributed by atoms with van der Waals surface area (Å²) in [6, 6.07) is 19.2. The number of nitrogen functional groups attached to an aromatic ring is 1. The summed E-state index contributed by atoms with van der Waals surface area (Å²) in [5.74, 6) is -0.00671. The SMILES string of the molecule is Nc1ccccc1Nc1c2ccc(NC(=O)CCN3CCCC3)cc2nc2cc(NC(=O)CCN3CCCC3)ccc12. The second-order valence-electron chi connectivity index (χ2n) is 11.4. The number of benzene rings is 3. The molecular weight excluding hydrogens is 526 g/mol. The van der Waals surface area contributed by atoms with Crippen molar-refractivity contribution in [1.82, 2.24) is 14.8 Å². The van der Waals surface area contributed by atoms with Crippen molar-refractivity contribution in [2.24, 2.45) is 0 Å². The van der Waals surface area contributed by atoms with Crippen molar-refractivity contribution in [2.75, 3.05) is 61.0 Å². The number of pyridine rings is 1. The van der Waals surface area contributed by atoms with E-state index in [1.807, 2.05) is 60.7 Å². The van der Waals surface area contributed by atoms with Gasteiger partial charge in [-0.1, -0.05) is 12.1 Å². The third-order valence-corrected chi connectivity index (χ3v) is 8.27. The van der Waals surface area contributed by atoms with Crippen LogP contribution in [0.2, 0.25) is 0 Å². The molecule has 0 aliphatic carbocycles. The van der Waals surface area contributed by atoms with Gasteiger partial charge in [-0.05, 0) is 100 Å². The topological polar surface area (TPSA) is 116 Å². The summed E-state index contributed by atoms with van der Waals surface area (Å²) in [7, 11) is 0. The molecule has 0 bridgehead atoms. The predicted octanol–water partition coefficient (Wildman–Crippen LogP) is 5.56. The lowest BCUT2D eigenvalue weighted by Gasteiger charge is -2.17. The highest BCUT2D eigenvalue weighted by atomic mass is 16.2. The summed E-state index contributed by atoms with van der Waals surface area (Å²) < 4.78 is 0. The van der Waals surface area contributed by atoms with Gasteiger partial charge in [0.2, 0.25) is 11.8 Å². The van der Waals surface area contributed by atoms with E-state index < -0.39 is 0 Å². The Hall–Kier alpha value is -4.21. The molecule has 0 spiro atoms. The van der Waals surface area contributed by atoms with E-state index in [1.165, 1.54) is 25.7 Å². The first kappa shape index (κ1) is 27.9. The van der Waals surface area contributed by atoms with Crippen LogP contribution in [0, 0.1) is 0 Å². The zero-order chi connectivity index (χ0) is 28.9. The highest BCUT2D eigenvalue weighted by Gasteiger charge is 2.16. The quantitative estimate of drug-likeness (QED) is 0.147. The van der Waals surface area contributed by atoms with E-state index in [9.17, 15) is 9.59 Å². The number of anilines is 5. The minimum atomic E-state index is -0.00336. The van der Waals surface area contributed by atoms with E-state index in [4.69, 9.17) is 10.7 Å². The third kappa shape index (κ3) is 6.64. The number of fused-ring (bicyclic) bond motifs is 2. The zero-order valence-corrected chi connectivity index (χ0v) is 24.0. The molecule has 42 heavy (non-hydrogen) atoms. The lowest BCUT2D eigenvalue weighted by Crippen LogP contribution is -2.25. The van der Waals surface area contributed by atoms with Crippen LogP contribution in [0.5, 0.6) is 0 Å². The number of amides is 2. The molecule has 2 amide bonds. The molecule has 2 aliphatic rings. The number of likely N-dealkylation sites (tertiary alicyclic amines) is 2. The fourth-order valence-corrected chi connectivity index (χ4v) is 5.96. The maximum absolute atomic E-state index is 12.7. The van der Waals surface area contributed by atoms with Crippen LogP contribution in [-0.4, -0.2) is 65.9 Å². The molecule has 3 heterocycles. The van der Waals surface area contributed by atoms with Gasteiger partial charge in [-0.25, -0.2) is 4.98 Å². The smallest absolute Gasteiger partial charge is 0.225 e. The number of para-hydroxylation sites is 2. The Labute approximate surface area is 246 Å². The number of nitrogens with zero attached hydrogens (tertiary/aromatic N) is 3. The summed E-state index contributed by atoms with van der Waals surface area (Å²) in [6.07, 6.45) is 5.76. The number of aromatic nitrogens is 1. The second kappa shape index (κ2) is 12.8. The van der Waals surface area contributed by atoms with Crippen molar-refractivity contribution in [2.45, 2.75) is 38.5 Å². The summed E-state index contributed by atoms with van der Waals surface area (Å²) in [5.41, 5.74) is 11.5. The van der Waals surface area contributed by atoms with Crippen molar-refractivity contribution >= 4 is 62.1 Å². The maximum atomic E-state index is 12.7. The van der Waals surface area contributed by atoms with Crippen molar-refractivity contribution in [1.29, 1.82) is 0 Å². The number of hydrogen-bond donors (Lipinski definition) is 4. The Morgan fingerprint density at radius 2 is 1.21 bits per heavy atom. The lowest BCUT2D eigenvalue weighted by molar-refractivity contribution is -0.117. The standard InChI is InChI=1S/C33H39N7O2/c34-27-7-1-2-8-28(27)38-33-25-11-9-23(35-31(41)13-19-39-15-3-4-16-39)21-29(25)37-30-22-24(10-12-26(30)33)36-32(42)14-20-40-17-5-6-18-40/h1-2,7-12,21-22H,3-6,13-20,34H2,(H,35,41)(H,36,42)(H,37,38). The van der Waals surface area contributed by atoms with Crippen molar-refractivity contribution in [3.8, 4) is 0 Å². The van der Waals surface area contributed by atoms with E-state index in [2.05, 4.69) is 25.8 Å². The number of nitrogens with two attached hydrogens (primary N) is 1. The van der Waals surface area contributed by atoms with Gasteiger partial charge in [-0.15, -0.1) is 0 Å². The van der Waals surface area contributed by atoms with Gasteiger partial charge in [0.05, 0.1) is 28.1 Å². The number of carbonyl (C=O) groups is 2. The monoisotopic (exact) mass is 565 g/mol. The first-order valence-corrected chi connectivity index (χ1v) is 15.1. The minimum Gasteiger partial charge on any atom is -0.397 e. The molecule has 0 unspecified atom stereocenters. The van der Waals surface area contributed by atoms with Crippen LogP contribution in [0.25, 0.3) is 21.8 Å².